The molecule has 0 aromatic heterocycles. The summed E-state index contributed by atoms with van der Waals surface area (Å²) in [5, 5.41) is 11.5. The molecule has 2 amide bonds. The fraction of sp³-hybridized carbons (Fsp3) is 0.667. The largest absolute Gasteiger partial charge is 0.479 e. The standard InChI is InChI=1S/C12H18N2O4/c1-3-5-9(4-2)13-12(17)14-6-7-18-10(8-14)11(15)16/h2,9-10H,3,5-8H2,1H3,(H,13,17)(H,15,16). The van der Waals surface area contributed by atoms with Gasteiger partial charge in [-0.05, 0) is 6.42 Å². The van der Waals surface area contributed by atoms with Gasteiger partial charge in [0.2, 0.25) is 0 Å². The Morgan fingerprint density at radius 2 is 2.39 bits per heavy atom. The van der Waals surface area contributed by atoms with Gasteiger partial charge < -0.3 is 20.1 Å². The summed E-state index contributed by atoms with van der Waals surface area (Å²) < 4.78 is 5.04. The molecule has 1 aliphatic rings. The van der Waals surface area contributed by atoms with Crippen LogP contribution in [-0.4, -0.2) is 53.8 Å². The number of carboxylic acid groups (broad SMARTS) is 1. The Labute approximate surface area is 106 Å². The summed E-state index contributed by atoms with van der Waals surface area (Å²) in [4.78, 5) is 24.1. The van der Waals surface area contributed by atoms with E-state index in [0.717, 1.165) is 6.42 Å². The van der Waals surface area contributed by atoms with Gasteiger partial charge in [0.25, 0.3) is 0 Å². The highest BCUT2D eigenvalue weighted by atomic mass is 16.5. The Bertz CT molecular complexity index is 350. The van der Waals surface area contributed by atoms with Gasteiger partial charge in [0.15, 0.2) is 6.10 Å². The number of rotatable bonds is 4. The fourth-order valence-corrected chi connectivity index (χ4v) is 1.71. The molecule has 2 atom stereocenters. The monoisotopic (exact) mass is 254 g/mol. The number of aliphatic carboxylic acids is 1. The third kappa shape index (κ3) is 3.93. The zero-order valence-corrected chi connectivity index (χ0v) is 10.4. The lowest BCUT2D eigenvalue weighted by Gasteiger charge is -2.31. The molecule has 0 spiro atoms. The number of hydrogen-bond donors (Lipinski definition) is 2. The Kier molecular flexibility index (Phi) is 5.46. The minimum Gasteiger partial charge on any atom is -0.479 e. The molecular weight excluding hydrogens is 236 g/mol. The van der Waals surface area contributed by atoms with Crippen LogP contribution in [0.5, 0.6) is 0 Å². The third-order valence-corrected chi connectivity index (χ3v) is 2.71. The van der Waals surface area contributed by atoms with Gasteiger partial charge in [-0.2, -0.15) is 0 Å². The first-order valence-corrected chi connectivity index (χ1v) is 5.94. The van der Waals surface area contributed by atoms with E-state index in [1.807, 2.05) is 6.92 Å². The van der Waals surface area contributed by atoms with Crippen molar-refractivity contribution in [2.75, 3.05) is 19.7 Å². The lowest BCUT2D eigenvalue weighted by atomic mass is 10.2. The first-order chi connectivity index (χ1) is 8.58. The summed E-state index contributed by atoms with van der Waals surface area (Å²) in [7, 11) is 0. The van der Waals surface area contributed by atoms with Gasteiger partial charge in [-0.3, -0.25) is 0 Å². The van der Waals surface area contributed by atoms with Crippen molar-refractivity contribution in [3.63, 3.8) is 0 Å². The van der Waals surface area contributed by atoms with Crippen LogP contribution in [0.1, 0.15) is 19.8 Å². The second kappa shape index (κ2) is 6.87. The molecule has 0 radical (unpaired) electrons. The molecule has 0 aromatic carbocycles. The molecule has 0 aliphatic carbocycles. The number of carbonyl (C=O) groups is 2. The van der Waals surface area contributed by atoms with Crippen molar-refractivity contribution in [1.29, 1.82) is 0 Å². The van der Waals surface area contributed by atoms with Crippen LogP contribution in [-0.2, 0) is 9.53 Å². The van der Waals surface area contributed by atoms with Gasteiger partial charge in [0.1, 0.15) is 0 Å². The molecule has 1 heterocycles. The van der Waals surface area contributed by atoms with Crippen LogP contribution in [0, 0.1) is 12.3 Å². The number of hydrogen-bond acceptors (Lipinski definition) is 3. The minimum atomic E-state index is -1.06. The maximum absolute atomic E-state index is 11.9. The first-order valence-electron chi connectivity index (χ1n) is 5.94. The number of amides is 2. The average Bonchev–Trinajstić information content (AvgIpc) is 2.38. The molecule has 0 bridgehead atoms. The second-order valence-corrected chi connectivity index (χ2v) is 4.10. The van der Waals surface area contributed by atoms with Gasteiger partial charge in [0.05, 0.1) is 19.2 Å². The minimum absolute atomic E-state index is 0.0462. The number of nitrogens with zero attached hydrogens (tertiary/aromatic N) is 1. The average molecular weight is 254 g/mol. The normalized spacial score (nSPS) is 20.9. The number of morpholine rings is 1. The number of terminal acetylenes is 1. The number of ether oxygens (including phenoxy) is 1. The van der Waals surface area contributed by atoms with Gasteiger partial charge in [-0.1, -0.05) is 19.3 Å². The summed E-state index contributed by atoms with van der Waals surface area (Å²) in [5.74, 6) is 1.44. The fourth-order valence-electron chi connectivity index (χ4n) is 1.71. The molecular formula is C12H18N2O4. The van der Waals surface area contributed by atoms with E-state index in [0.29, 0.717) is 13.0 Å². The Hall–Kier alpha value is -1.74. The third-order valence-electron chi connectivity index (χ3n) is 2.71. The predicted octanol–water partition coefficient (Wildman–Crippen LogP) is 0.283. The number of urea groups is 1. The highest BCUT2D eigenvalue weighted by molar-refractivity contribution is 5.77. The van der Waals surface area contributed by atoms with Crippen LogP contribution in [0.15, 0.2) is 0 Å². The van der Waals surface area contributed by atoms with Crippen molar-refractivity contribution < 1.29 is 19.4 Å². The zero-order valence-electron chi connectivity index (χ0n) is 10.4. The van der Waals surface area contributed by atoms with Gasteiger partial charge in [0, 0.05) is 6.54 Å². The molecule has 18 heavy (non-hydrogen) atoms. The highest BCUT2D eigenvalue weighted by Gasteiger charge is 2.29. The smallest absolute Gasteiger partial charge is 0.334 e. The molecule has 1 saturated heterocycles. The molecule has 2 unspecified atom stereocenters. The Balaban J connectivity index is 2.51. The van der Waals surface area contributed by atoms with E-state index in [4.69, 9.17) is 16.3 Å². The predicted molar refractivity (Wildman–Crippen MR) is 65.0 cm³/mol. The molecule has 0 aromatic rings. The SMILES string of the molecule is C#CC(CCC)NC(=O)N1CCOC(C(=O)O)C1. The molecule has 100 valence electrons. The van der Waals surface area contributed by atoms with Crippen LogP contribution in [0.4, 0.5) is 4.79 Å². The number of nitrogens with one attached hydrogen (secondary N) is 1. The van der Waals surface area contributed by atoms with Gasteiger partial charge >= 0.3 is 12.0 Å². The summed E-state index contributed by atoms with van der Waals surface area (Å²) in [6.45, 7) is 2.62. The lowest BCUT2D eigenvalue weighted by molar-refractivity contribution is -0.154. The lowest BCUT2D eigenvalue weighted by Crippen LogP contribution is -2.53. The van der Waals surface area contributed by atoms with E-state index in [9.17, 15) is 9.59 Å². The van der Waals surface area contributed by atoms with Crippen LogP contribution >= 0.6 is 0 Å². The summed E-state index contributed by atoms with van der Waals surface area (Å²) >= 11 is 0. The molecule has 1 aliphatic heterocycles. The van der Waals surface area contributed by atoms with E-state index in [2.05, 4.69) is 11.2 Å². The quantitative estimate of drug-likeness (QED) is 0.706. The van der Waals surface area contributed by atoms with E-state index in [1.54, 1.807) is 0 Å². The molecule has 1 fully saturated rings. The van der Waals surface area contributed by atoms with Crippen molar-refractivity contribution in [3.8, 4) is 12.3 Å². The van der Waals surface area contributed by atoms with Crippen molar-refractivity contribution in [2.45, 2.75) is 31.9 Å². The van der Waals surface area contributed by atoms with E-state index < -0.39 is 12.1 Å². The highest BCUT2D eigenvalue weighted by Crippen LogP contribution is 2.06. The summed E-state index contributed by atoms with van der Waals surface area (Å²) in [6.07, 6.45) is 5.93. The molecule has 1 rings (SSSR count). The summed E-state index contributed by atoms with van der Waals surface area (Å²) in [6, 6.07) is -0.644. The van der Waals surface area contributed by atoms with Crippen LogP contribution in [0.25, 0.3) is 0 Å². The molecule has 2 N–H and O–H groups in total. The number of carboxylic acids is 1. The number of carbonyl (C=O) groups excluding carboxylic acids is 1. The summed E-state index contributed by atoms with van der Waals surface area (Å²) in [5.41, 5.74) is 0. The Morgan fingerprint density at radius 1 is 1.67 bits per heavy atom. The van der Waals surface area contributed by atoms with Crippen molar-refractivity contribution in [1.82, 2.24) is 10.2 Å². The maximum Gasteiger partial charge on any atom is 0.334 e. The molecule has 6 heteroatoms. The van der Waals surface area contributed by atoms with Gasteiger partial charge in [-0.15, -0.1) is 6.42 Å². The Morgan fingerprint density at radius 3 is 2.94 bits per heavy atom. The zero-order chi connectivity index (χ0) is 13.5. The second-order valence-electron chi connectivity index (χ2n) is 4.10. The van der Waals surface area contributed by atoms with Crippen molar-refractivity contribution >= 4 is 12.0 Å². The van der Waals surface area contributed by atoms with Crippen molar-refractivity contribution in [3.05, 3.63) is 0 Å². The van der Waals surface area contributed by atoms with Crippen LogP contribution in [0.2, 0.25) is 0 Å². The molecule has 0 saturated carbocycles. The van der Waals surface area contributed by atoms with Gasteiger partial charge in [-0.25, -0.2) is 9.59 Å². The van der Waals surface area contributed by atoms with E-state index in [1.165, 1.54) is 4.90 Å². The first kappa shape index (κ1) is 14.3. The maximum atomic E-state index is 11.9. The molecule has 6 nitrogen and oxygen atoms in total. The van der Waals surface area contributed by atoms with E-state index >= 15 is 0 Å². The topological polar surface area (TPSA) is 78.9 Å². The van der Waals surface area contributed by atoms with E-state index in [-0.39, 0.29) is 25.2 Å². The van der Waals surface area contributed by atoms with Crippen LogP contribution in [0.3, 0.4) is 0 Å². The van der Waals surface area contributed by atoms with Crippen LogP contribution < -0.4 is 5.32 Å². The van der Waals surface area contributed by atoms with Crippen molar-refractivity contribution in [2.24, 2.45) is 0 Å².